The van der Waals surface area contributed by atoms with Crippen LogP contribution < -0.4 is 11.1 Å². The van der Waals surface area contributed by atoms with Crippen LogP contribution in [-0.2, 0) is 9.59 Å². The van der Waals surface area contributed by atoms with Gasteiger partial charge in [-0.05, 0) is 17.9 Å². The molecule has 1 rings (SSSR count). The van der Waals surface area contributed by atoms with E-state index >= 15 is 0 Å². The van der Waals surface area contributed by atoms with Crippen LogP contribution in [0.5, 0.6) is 0 Å². The molecular weight excluding hydrogens is 256 g/mol. The summed E-state index contributed by atoms with van der Waals surface area (Å²) in [6.07, 6.45) is 0.578. The van der Waals surface area contributed by atoms with E-state index in [4.69, 9.17) is 5.73 Å². The smallest absolute Gasteiger partial charge is 0.312 e. The molecule has 0 aliphatic rings. The van der Waals surface area contributed by atoms with Crippen molar-refractivity contribution in [1.29, 1.82) is 0 Å². The maximum atomic E-state index is 11.8. The zero-order chi connectivity index (χ0) is 15.1. The van der Waals surface area contributed by atoms with Gasteiger partial charge in [-0.2, -0.15) is 0 Å². The van der Waals surface area contributed by atoms with E-state index in [0.717, 1.165) is 0 Å². The Kier molecular flexibility index (Phi) is 6.18. The van der Waals surface area contributed by atoms with Crippen molar-refractivity contribution in [3.05, 3.63) is 35.9 Å². The summed E-state index contributed by atoms with van der Waals surface area (Å²) < 4.78 is 0. The van der Waals surface area contributed by atoms with Crippen molar-refractivity contribution in [3.63, 3.8) is 0 Å². The van der Waals surface area contributed by atoms with Crippen LogP contribution in [0.15, 0.2) is 30.3 Å². The Hall–Kier alpha value is -1.88. The Bertz CT molecular complexity index is 446. The first-order valence-electron chi connectivity index (χ1n) is 6.72. The minimum absolute atomic E-state index is 0.0456. The van der Waals surface area contributed by atoms with Crippen LogP contribution in [0.4, 0.5) is 0 Å². The number of amides is 1. The Balaban J connectivity index is 2.61. The lowest BCUT2D eigenvalue weighted by molar-refractivity contribution is -0.138. The number of aliphatic carboxylic acids is 1. The van der Waals surface area contributed by atoms with Gasteiger partial charge in [0.05, 0.1) is 12.0 Å². The van der Waals surface area contributed by atoms with E-state index in [1.807, 2.05) is 19.9 Å². The Morgan fingerprint density at radius 2 is 1.85 bits per heavy atom. The molecule has 0 heterocycles. The lowest BCUT2D eigenvalue weighted by atomic mass is 9.99. The van der Waals surface area contributed by atoms with Gasteiger partial charge < -0.3 is 16.2 Å². The van der Waals surface area contributed by atoms with E-state index in [0.29, 0.717) is 17.9 Å². The standard InChI is InChI=1S/C15H22N2O3/c1-10(2)8-13(16)14(18)17-9-12(15(19)20)11-6-4-3-5-7-11/h3-7,10,12-13H,8-9,16H2,1-2H3,(H,17,18)(H,19,20)/t12?,13-/m0/s1. The summed E-state index contributed by atoms with van der Waals surface area (Å²) in [4.78, 5) is 23.1. The van der Waals surface area contributed by atoms with E-state index in [2.05, 4.69) is 5.32 Å². The molecule has 1 aromatic rings. The first kappa shape index (κ1) is 16.2. The van der Waals surface area contributed by atoms with Gasteiger partial charge in [-0.25, -0.2) is 0 Å². The number of hydrogen-bond donors (Lipinski definition) is 3. The minimum atomic E-state index is -0.964. The molecule has 20 heavy (non-hydrogen) atoms. The van der Waals surface area contributed by atoms with E-state index in [9.17, 15) is 14.7 Å². The largest absolute Gasteiger partial charge is 0.481 e. The van der Waals surface area contributed by atoms with Crippen LogP contribution in [0.1, 0.15) is 31.7 Å². The maximum absolute atomic E-state index is 11.8. The number of nitrogens with one attached hydrogen (secondary N) is 1. The number of rotatable bonds is 7. The highest BCUT2D eigenvalue weighted by Gasteiger charge is 2.22. The number of carbonyl (C=O) groups is 2. The van der Waals surface area contributed by atoms with Crippen LogP contribution in [0.3, 0.4) is 0 Å². The molecule has 0 saturated heterocycles. The normalized spacial score (nSPS) is 13.8. The average Bonchev–Trinajstić information content (AvgIpc) is 2.38. The van der Waals surface area contributed by atoms with Gasteiger partial charge >= 0.3 is 5.97 Å². The van der Waals surface area contributed by atoms with Crippen LogP contribution in [0, 0.1) is 5.92 Å². The quantitative estimate of drug-likeness (QED) is 0.702. The first-order chi connectivity index (χ1) is 9.41. The molecule has 0 saturated carbocycles. The van der Waals surface area contributed by atoms with Crippen LogP contribution >= 0.6 is 0 Å². The van der Waals surface area contributed by atoms with Gasteiger partial charge in [0, 0.05) is 6.54 Å². The summed E-state index contributed by atoms with van der Waals surface area (Å²) in [5, 5.41) is 11.9. The van der Waals surface area contributed by atoms with Crippen molar-refractivity contribution in [2.45, 2.75) is 32.2 Å². The van der Waals surface area contributed by atoms with Crippen molar-refractivity contribution >= 4 is 11.9 Å². The number of carboxylic acids is 1. The number of carboxylic acid groups (broad SMARTS) is 1. The summed E-state index contributed by atoms with van der Waals surface area (Å²) >= 11 is 0. The number of benzene rings is 1. The van der Waals surface area contributed by atoms with Gasteiger partial charge in [0.2, 0.25) is 5.91 Å². The van der Waals surface area contributed by atoms with Crippen molar-refractivity contribution in [3.8, 4) is 0 Å². The van der Waals surface area contributed by atoms with E-state index in [1.165, 1.54) is 0 Å². The monoisotopic (exact) mass is 278 g/mol. The Morgan fingerprint density at radius 1 is 1.25 bits per heavy atom. The Labute approximate surface area is 119 Å². The molecule has 4 N–H and O–H groups in total. The topological polar surface area (TPSA) is 92.4 Å². The molecule has 1 amide bonds. The highest BCUT2D eigenvalue weighted by Crippen LogP contribution is 2.14. The summed E-state index contributed by atoms with van der Waals surface area (Å²) in [7, 11) is 0. The van der Waals surface area contributed by atoms with Gasteiger partial charge in [0.25, 0.3) is 0 Å². The SMILES string of the molecule is CC(C)C[C@H](N)C(=O)NCC(C(=O)O)c1ccccc1. The minimum Gasteiger partial charge on any atom is -0.481 e. The third kappa shape index (κ3) is 5.01. The van der Waals surface area contributed by atoms with Gasteiger partial charge in [-0.1, -0.05) is 44.2 Å². The molecule has 0 radical (unpaired) electrons. The predicted molar refractivity (Wildman–Crippen MR) is 77.3 cm³/mol. The van der Waals surface area contributed by atoms with E-state index in [-0.39, 0.29) is 12.5 Å². The maximum Gasteiger partial charge on any atom is 0.312 e. The second kappa shape index (κ2) is 7.65. The van der Waals surface area contributed by atoms with Crippen LogP contribution in [0.25, 0.3) is 0 Å². The molecule has 0 aromatic heterocycles. The summed E-state index contributed by atoms with van der Waals surface area (Å²) in [6.45, 7) is 4.01. The molecule has 110 valence electrons. The fourth-order valence-electron chi connectivity index (χ4n) is 1.98. The summed E-state index contributed by atoms with van der Waals surface area (Å²) in [5.41, 5.74) is 6.42. The van der Waals surface area contributed by atoms with Gasteiger partial charge in [-0.15, -0.1) is 0 Å². The van der Waals surface area contributed by atoms with Crippen LogP contribution in [0.2, 0.25) is 0 Å². The molecule has 5 nitrogen and oxygen atoms in total. The fourth-order valence-corrected chi connectivity index (χ4v) is 1.98. The van der Waals surface area contributed by atoms with Crippen LogP contribution in [-0.4, -0.2) is 29.6 Å². The first-order valence-corrected chi connectivity index (χ1v) is 6.72. The van der Waals surface area contributed by atoms with Crippen molar-refractivity contribution in [2.75, 3.05) is 6.54 Å². The van der Waals surface area contributed by atoms with E-state index < -0.39 is 17.9 Å². The molecule has 2 atom stereocenters. The van der Waals surface area contributed by atoms with Gasteiger partial charge in [0.1, 0.15) is 0 Å². The molecule has 5 heteroatoms. The van der Waals surface area contributed by atoms with Crippen molar-refractivity contribution in [2.24, 2.45) is 11.7 Å². The third-order valence-electron chi connectivity index (χ3n) is 3.04. The Morgan fingerprint density at radius 3 is 2.35 bits per heavy atom. The van der Waals surface area contributed by atoms with Gasteiger partial charge in [-0.3, -0.25) is 9.59 Å². The number of hydrogen-bond acceptors (Lipinski definition) is 3. The highest BCUT2D eigenvalue weighted by atomic mass is 16.4. The third-order valence-corrected chi connectivity index (χ3v) is 3.04. The van der Waals surface area contributed by atoms with E-state index in [1.54, 1.807) is 24.3 Å². The summed E-state index contributed by atoms with van der Waals surface area (Å²) in [6, 6.07) is 8.24. The molecule has 0 fully saturated rings. The number of carbonyl (C=O) groups excluding carboxylic acids is 1. The predicted octanol–water partition coefficient (Wildman–Crippen LogP) is 1.34. The second-order valence-corrected chi connectivity index (χ2v) is 5.28. The lowest BCUT2D eigenvalue weighted by Gasteiger charge is -2.17. The molecule has 0 aliphatic heterocycles. The highest BCUT2D eigenvalue weighted by molar-refractivity contribution is 5.83. The molecule has 1 unspecified atom stereocenters. The molecule has 0 spiro atoms. The lowest BCUT2D eigenvalue weighted by Crippen LogP contribution is -2.43. The molecule has 0 aliphatic carbocycles. The van der Waals surface area contributed by atoms with Gasteiger partial charge in [0.15, 0.2) is 0 Å². The zero-order valence-corrected chi connectivity index (χ0v) is 11.9. The average molecular weight is 278 g/mol. The zero-order valence-electron chi connectivity index (χ0n) is 11.9. The second-order valence-electron chi connectivity index (χ2n) is 5.28. The van der Waals surface area contributed by atoms with Crippen molar-refractivity contribution < 1.29 is 14.7 Å². The fraction of sp³-hybridized carbons (Fsp3) is 0.467. The summed E-state index contributed by atoms with van der Waals surface area (Å²) in [5.74, 6) is -1.71. The molecular formula is C15H22N2O3. The molecule has 1 aromatic carbocycles. The van der Waals surface area contributed by atoms with Crippen molar-refractivity contribution in [1.82, 2.24) is 5.32 Å². The molecule has 0 bridgehead atoms. The number of nitrogens with two attached hydrogens (primary N) is 1.